The van der Waals surface area contributed by atoms with E-state index in [-0.39, 0.29) is 10.1 Å². The molecule has 0 aliphatic rings. The highest BCUT2D eigenvalue weighted by atomic mass is 32.2. The standard InChI is InChI=1S/C9H13N3O5SSi/c1-15-19(16-2,17-3)9-7-5-4-6-8(9)18(13,14)12-11-10/h4-7H,1-3H3. The minimum Gasteiger partial charge on any atom is -0.373 e. The van der Waals surface area contributed by atoms with Crippen LogP contribution >= 0.6 is 0 Å². The van der Waals surface area contributed by atoms with Gasteiger partial charge in [-0.05, 0) is 11.6 Å². The number of azide groups is 1. The van der Waals surface area contributed by atoms with Crippen LogP contribution in [0.3, 0.4) is 0 Å². The quantitative estimate of drug-likeness (QED) is 0.333. The average Bonchev–Trinajstić information content (AvgIpc) is 2.42. The highest BCUT2D eigenvalue weighted by molar-refractivity contribution is 7.90. The summed E-state index contributed by atoms with van der Waals surface area (Å²) in [6, 6.07) is 5.92. The van der Waals surface area contributed by atoms with Gasteiger partial charge in [0.1, 0.15) is 0 Å². The minimum atomic E-state index is -4.15. The maximum absolute atomic E-state index is 11.9. The highest BCUT2D eigenvalue weighted by Crippen LogP contribution is 2.16. The fourth-order valence-corrected chi connectivity index (χ4v) is 5.00. The van der Waals surface area contributed by atoms with Crippen molar-refractivity contribution in [3.63, 3.8) is 0 Å². The Balaban J connectivity index is 3.59. The van der Waals surface area contributed by atoms with Crippen LogP contribution in [0.15, 0.2) is 33.7 Å². The molecule has 0 aliphatic heterocycles. The predicted molar refractivity (Wildman–Crippen MR) is 69.2 cm³/mol. The van der Waals surface area contributed by atoms with Crippen molar-refractivity contribution in [1.29, 1.82) is 0 Å². The normalized spacial score (nSPS) is 11.9. The van der Waals surface area contributed by atoms with Crippen molar-refractivity contribution < 1.29 is 21.7 Å². The van der Waals surface area contributed by atoms with Crippen molar-refractivity contribution in [3.8, 4) is 0 Å². The van der Waals surface area contributed by atoms with E-state index in [0.717, 1.165) is 0 Å². The molecule has 0 aromatic heterocycles. The molecule has 104 valence electrons. The Bertz CT molecular complexity index is 587. The second kappa shape index (κ2) is 6.15. The smallest absolute Gasteiger partial charge is 0.373 e. The Labute approximate surface area is 112 Å². The zero-order valence-electron chi connectivity index (χ0n) is 10.6. The molecule has 8 nitrogen and oxygen atoms in total. The van der Waals surface area contributed by atoms with Gasteiger partial charge < -0.3 is 13.3 Å². The first-order valence-electron chi connectivity index (χ1n) is 5.03. The van der Waals surface area contributed by atoms with E-state index in [1.807, 2.05) is 0 Å². The minimum absolute atomic E-state index is 0.190. The van der Waals surface area contributed by atoms with E-state index in [1.165, 1.54) is 39.5 Å². The van der Waals surface area contributed by atoms with Crippen LogP contribution in [0.25, 0.3) is 10.4 Å². The molecular formula is C9H13N3O5SSi. The van der Waals surface area contributed by atoms with E-state index in [0.29, 0.717) is 0 Å². The van der Waals surface area contributed by atoms with Crippen molar-refractivity contribution in [1.82, 2.24) is 0 Å². The van der Waals surface area contributed by atoms with E-state index in [2.05, 4.69) is 9.43 Å². The third kappa shape index (κ3) is 2.95. The van der Waals surface area contributed by atoms with Crippen molar-refractivity contribution in [2.24, 2.45) is 4.52 Å². The maximum Gasteiger partial charge on any atom is 0.537 e. The topological polar surface area (TPSA) is 111 Å². The fraction of sp³-hybridized carbons (Fsp3) is 0.333. The number of hydrogen-bond donors (Lipinski definition) is 0. The third-order valence-corrected chi connectivity index (χ3v) is 6.53. The van der Waals surface area contributed by atoms with Crippen molar-refractivity contribution in [2.45, 2.75) is 4.90 Å². The fourth-order valence-electron chi connectivity index (χ4n) is 1.62. The number of hydrogen-bond acceptors (Lipinski definition) is 5. The zero-order valence-corrected chi connectivity index (χ0v) is 12.4. The highest BCUT2D eigenvalue weighted by Gasteiger charge is 2.44. The molecule has 0 bridgehead atoms. The van der Waals surface area contributed by atoms with Gasteiger partial charge >= 0.3 is 8.80 Å². The Hall–Kier alpha value is -1.42. The van der Waals surface area contributed by atoms with E-state index in [4.69, 9.17) is 18.8 Å². The summed E-state index contributed by atoms with van der Waals surface area (Å²) in [6.07, 6.45) is 0. The van der Waals surface area contributed by atoms with Gasteiger partial charge in [0.2, 0.25) is 0 Å². The maximum atomic E-state index is 11.9. The molecule has 0 saturated carbocycles. The van der Waals surface area contributed by atoms with Crippen LogP contribution in [0.5, 0.6) is 0 Å². The van der Waals surface area contributed by atoms with E-state index in [1.54, 1.807) is 6.07 Å². The van der Waals surface area contributed by atoms with Crippen LogP contribution in [0.1, 0.15) is 0 Å². The van der Waals surface area contributed by atoms with Gasteiger partial charge in [0.15, 0.2) is 0 Å². The first-order valence-corrected chi connectivity index (χ1v) is 8.20. The molecule has 0 unspecified atom stereocenters. The second-order valence-corrected chi connectivity index (χ2v) is 7.74. The number of sulfonamides is 1. The summed E-state index contributed by atoms with van der Waals surface area (Å²) in [7, 11) is -3.42. The van der Waals surface area contributed by atoms with Crippen LogP contribution in [0.4, 0.5) is 0 Å². The number of rotatable bonds is 6. The lowest BCUT2D eigenvalue weighted by Crippen LogP contribution is -2.56. The summed E-state index contributed by atoms with van der Waals surface area (Å²) in [5, 5.41) is 0.218. The van der Waals surface area contributed by atoms with Crippen LogP contribution in [-0.2, 0) is 23.3 Å². The van der Waals surface area contributed by atoms with Gasteiger partial charge in [-0.2, -0.15) is 0 Å². The van der Waals surface area contributed by atoms with Gasteiger partial charge in [0.25, 0.3) is 10.0 Å². The number of benzene rings is 1. The van der Waals surface area contributed by atoms with Gasteiger partial charge in [0.05, 0.1) is 4.90 Å². The number of nitrogens with zero attached hydrogens (tertiary/aromatic N) is 3. The SMILES string of the molecule is CO[Si](OC)(OC)c1ccccc1S(=O)(=O)N=[N+]=[N-]. The lowest BCUT2D eigenvalue weighted by Gasteiger charge is -2.25. The van der Waals surface area contributed by atoms with Crippen LogP contribution in [0.2, 0.25) is 0 Å². The molecule has 0 heterocycles. The third-order valence-electron chi connectivity index (χ3n) is 2.45. The molecule has 0 saturated heterocycles. The predicted octanol–water partition coefficient (Wildman–Crippen LogP) is 0.771. The van der Waals surface area contributed by atoms with E-state index >= 15 is 0 Å². The Morgan fingerprint density at radius 1 is 1.16 bits per heavy atom. The van der Waals surface area contributed by atoms with Gasteiger partial charge in [-0.15, -0.1) is 0 Å². The van der Waals surface area contributed by atoms with Crippen LogP contribution in [-0.4, -0.2) is 38.6 Å². The molecule has 0 spiro atoms. The van der Waals surface area contributed by atoms with Gasteiger partial charge in [0, 0.05) is 35.9 Å². The Morgan fingerprint density at radius 2 is 1.68 bits per heavy atom. The first kappa shape index (κ1) is 15.6. The summed E-state index contributed by atoms with van der Waals surface area (Å²) in [5.74, 6) is 0. The first-order chi connectivity index (χ1) is 8.97. The summed E-state index contributed by atoms with van der Waals surface area (Å²) in [5.41, 5.74) is 8.33. The van der Waals surface area contributed by atoms with Crippen molar-refractivity contribution in [3.05, 3.63) is 34.7 Å². The van der Waals surface area contributed by atoms with Gasteiger partial charge in [-0.3, -0.25) is 0 Å². The monoisotopic (exact) mass is 303 g/mol. The molecule has 0 amide bonds. The molecule has 0 N–H and O–H groups in total. The van der Waals surface area contributed by atoms with Gasteiger partial charge in [-0.1, -0.05) is 18.2 Å². The molecule has 1 rings (SSSR count). The summed E-state index contributed by atoms with van der Waals surface area (Å²) in [4.78, 5) is 2.12. The van der Waals surface area contributed by atoms with Crippen LogP contribution in [0, 0.1) is 0 Å². The molecule has 0 atom stereocenters. The lowest BCUT2D eigenvalue weighted by molar-refractivity contribution is 0.139. The second-order valence-electron chi connectivity index (χ2n) is 3.31. The lowest BCUT2D eigenvalue weighted by atomic mass is 10.4. The van der Waals surface area contributed by atoms with Crippen molar-refractivity contribution >= 4 is 24.0 Å². The molecule has 19 heavy (non-hydrogen) atoms. The molecule has 0 aliphatic carbocycles. The molecule has 0 radical (unpaired) electrons. The average molecular weight is 303 g/mol. The summed E-state index contributed by atoms with van der Waals surface area (Å²) < 4.78 is 42.3. The van der Waals surface area contributed by atoms with Crippen molar-refractivity contribution in [2.75, 3.05) is 21.3 Å². The summed E-state index contributed by atoms with van der Waals surface area (Å²) in [6.45, 7) is 0. The van der Waals surface area contributed by atoms with E-state index in [9.17, 15) is 8.42 Å². The molecular weight excluding hydrogens is 290 g/mol. The Kier molecular flexibility index (Phi) is 5.06. The van der Waals surface area contributed by atoms with Gasteiger partial charge in [-0.25, -0.2) is 8.42 Å². The molecule has 1 aromatic carbocycles. The Morgan fingerprint density at radius 3 is 2.16 bits per heavy atom. The largest absolute Gasteiger partial charge is 0.537 e. The zero-order chi connectivity index (χ0) is 14.5. The summed E-state index contributed by atoms with van der Waals surface area (Å²) >= 11 is 0. The van der Waals surface area contributed by atoms with E-state index < -0.39 is 18.8 Å². The van der Waals surface area contributed by atoms with Crippen LogP contribution < -0.4 is 5.19 Å². The molecule has 1 aromatic rings. The molecule has 0 fully saturated rings. The molecule has 10 heteroatoms.